The molecule has 0 fully saturated rings. The number of benzene rings is 2. The van der Waals surface area contributed by atoms with Gasteiger partial charge in [-0.2, -0.15) is 5.10 Å². The average molecular weight is 303 g/mol. The number of aromatic nitrogens is 2. The minimum atomic E-state index is -0.744. The van der Waals surface area contributed by atoms with E-state index in [0.29, 0.717) is 5.71 Å². The summed E-state index contributed by atoms with van der Waals surface area (Å²) in [6, 6.07) is 21.5. The highest BCUT2D eigenvalue weighted by atomic mass is 16.3. The van der Waals surface area contributed by atoms with Gasteiger partial charge in [0.2, 0.25) is 0 Å². The first kappa shape index (κ1) is 13.9. The Kier molecular flexibility index (Phi) is 3.32. The van der Waals surface area contributed by atoms with Crippen LogP contribution in [0.1, 0.15) is 22.9 Å². The number of nitrogens with zero attached hydrogens (tertiary/aromatic N) is 3. The second kappa shape index (κ2) is 5.48. The molecule has 2 unspecified atom stereocenters. The molecular formula is C19H17N3O. The van der Waals surface area contributed by atoms with Crippen molar-refractivity contribution in [1.29, 1.82) is 0 Å². The highest BCUT2D eigenvalue weighted by Gasteiger charge is 2.34. The van der Waals surface area contributed by atoms with E-state index in [0.717, 1.165) is 22.6 Å². The second-order valence-corrected chi connectivity index (χ2v) is 5.75. The molecule has 0 saturated carbocycles. The minimum absolute atomic E-state index is 0.271. The van der Waals surface area contributed by atoms with E-state index in [-0.39, 0.29) is 6.04 Å². The zero-order valence-corrected chi connectivity index (χ0v) is 12.8. The largest absolute Gasteiger partial charge is 0.384 e. The van der Waals surface area contributed by atoms with E-state index in [1.807, 2.05) is 78.3 Å². The number of aliphatic hydroxyl groups is 1. The second-order valence-electron chi connectivity index (χ2n) is 5.75. The lowest BCUT2D eigenvalue weighted by Crippen LogP contribution is -2.36. The van der Waals surface area contributed by atoms with E-state index in [9.17, 15) is 5.11 Å². The maximum absolute atomic E-state index is 11.0. The number of aliphatic imine (C=N–C) groups is 1. The van der Waals surface area contributed by atoms with Gasteiger partial charge in [-0.05, 0) is 18.1 Å². The summed E-state index contributed by atoms with van der Waals surface area (Å²) < 4.78 is 1.82. The van der Waals surface area contributed by atoms with Crippen LogP contribution in [0.15, 0.2) is 71.7 Å². The molecule has 1 aromatic heterocycles. The topological polar surface area (TPSA) is 50.4 Å². The summed E-state index contributed by atoms with van der Waals surface area (Å²) in [5, 5.41) is 15.5. The van der Waals surface area contributed by atoms with E-state index >= 15 is 0 Å². The maximum atomic E-state index is 11.0. The smallest absolute Gasteiger partial charge is 0.151 e. The van der Waals surface area contributed by atoms with Gasteiger partial charge in [0.15, 0.2) is 5.82 Å². The number of hydrogen-bond donors (Lipinski definition) is 1. The zero-order valence-electron chi connectivity index (χ0n) is 12.8. The summed E-state index contributed by atoms with van der Waals surface area (Å²) in [7, 11) is 0. The molecule has 0 radical (unpaired) electrons. The monoisotopic (exact) mass is 303 g/mol. The van der Waals surface area contributed by atoms with Crippen LogP contribution in [-0.4, -0.2) is 26.7 Å². The SMILES string of the molecule is Cc1cc2n(n1)C(c1ccccc1)C(O)C(c1ccccc1)=N2. The standard InChI is InChI=1S/C19H17N3O/c1-13-12-16-20-17(14-8-4-2-5-9-14)19(23)18(22(16)21-13)15-10-6-3-7-11-15/h2-12,18-19,23H,1H3. The minimum Gasteiger partial charge on any atom is -0.384 e. The van der Waals surface area contributed by atoms with Crippen LogP contribution in [0.25, 0.3) is 0 Å². The molecule has 0 amide bonds. The quantitative estimate of drug-likeness (QED) is 0.790. The molecule has 0 aliphatic carbocycles. The lowest BCUT2D eigenvalue weighted by molar-refractivity contribution is 0.183. The maximum Gasteiger partial charge on any atom is 0.151 e. The molecule has 0 saturated heterocycles. The molecule has 1 aliphatic rings. The Morgan fingerprint density at radius 1 is 0.957 bits per heavy atom. The summed E-state index contributed by atoms with van der Waals surface area (Å²) >= 11 is 0. The first-order valence-electron chi connectivity index (χ1n) is 7.67. The van der Waals surface area contributed by atoms with Gasteiger partial charge in [-0.1, -0.05) is 60.7 Å². The number of hydrogen-bond acceptors (Lipinski definition) is 3. The predicted molar refractivity (Wildman–Crippen MR) is 90.2 cm³/mol. The fraction of sp³-hybridized carbons (Fsp3) is 0.158. The van der Waals surface area contributed by atoms with E-state index in [4.69, 9.17) is 0 Å². The van der Waals surface area contributed by atoms with Gasteiger partial charge in [-0.15, -0.1) is 0 Å². The third-order valence-corrected chi connectivity index (χ3v) is 4.13. The predicted octanol–water partition coefficient (Wildman–Crippen LogP) is 3.28. The molecule has 23 heavy (non-hydrogen) atoms. The summed E-state index contributed by atoms with van der Waals surface area (Å²) in [4.78, 5) is 4.66. The van der Waals surface area contributed by atoms with Crippen LogP contribution in [0.5, 0.6) is 0 Å². The normalized spacial score (nSPS) is 20.0. The van der Waals surface area contributed by atoms with Gasteiger partial charge in [0, 0.05) is 6.07 Å². The van der Waals surface area contributed by atoms with Crippen LogP contribution >= 0.6 is 0 Å². The first-order valence-corrected chi connectivity index (χ1v) is 7.67. The van der Waals surface area contributed by atoms with Crippen molar-refractivity contribution in [2.24, 2.45) is 4.99 Å². The van der Waals surface area contributed by atoms with E-state index in [1.54, 1.807) is 0 Å². The third-order valence-electron chi connectivity index (χ3n) is 4.13. The molecule has 4 nitrogen and oxygen atoms in total. The molecule has 1 aliphatic heterocycles. The van der Waals surface area contributed by atoms with Crippen molar-refractivity contribution in [3.8, 4) is 0 Å². The summed E-state index contributed by atoms with van der Waals surface area (Å²) in [5.74, 6) is 0.778. The van der Waals surface area contributed by atoms with E-state index in [2.05, 4.69) is 10.1 Å². The van der Waals surface area contributed by atoms with Crippen LogP contribution in [0, 0.1) is 6.92 Å². The highest BCUT2D eigenvalue weighted by molar-refractivity contribution is 6.06. The molecule has 3 aromatic rings. The van der Waals surface area contributed by atoms with Gasteiger partial charge in [-0.25, -0.2) is 9.67 Å². The average Bonchev–Trinajstić information content (AvgIpc) is 2.95. The fourth-order valence-corrected chi connectivity index (χ4v) is 3.08. The molecule has 4 heteroatoms. The summed E-state index contributed by atoms with van der Waals surface area (Å²) in [5.41, 5.74) is 3.54. The molecule has 0 bridgehead atoms. The Morgan fingerprint density at radius 3 is 2.30 bits per heavy atom. The highest BCUT2D eigenvalue weighted by Crippen LogP contribution is 2.34. The first-order chi connectivity index (χ1) is 11.2. The van der Waals surface area contributed by atoms with Crippen molar-refractivity contribution in [3.63, 3.8) is 0 Å². The summed E-state index contributed by atoms with van der Waals surface area (Å²) in [6.07, 6.45) is -0.744. The number of aryl methyl sites for hydroxylation is 1. The van der Waals surface area contributed by atoms with Gasteiger partial charge in [-0.3, -0.25) is 0 Å². The molecule has 4 rings (SSSR count). The Balaban J connectivity index is 1.90. The van der Waals surface area contributed by atoms with Crippen molar-refractivity contribution >= 4 is 11.5 Å². The Labute approximate surface area is 134 Å². The fourth-order valence-electron chi connectivity index (χ4n) is 3.08. The molecule has 114 valence electrons. The van der Waals surface area contributed by atoms with Gasteiger partial charge in [0.05, 0.1) is 11.4 Å². The van der Waals surface area contributed by atoms with Gasteiger partial charge >= 0.3 is 0 Å². The zero-order chi connectivity index (χ0) is 15.8. The molecular weight excluding hydrogens is 286 g/mol. The Bertz CT molecular complexity index is 853. The lowest BCUT2D eigenvalue weighted by atomic mass is 9.93. The Morgan fingerprint density at radius 2 is 1.61 bits per heavy atom. The number of fused-ring (bicyclic) bond motifs is 1. The van der Waals surface area contributed by atoms with Crippen molar-refractivity contribution in [3.05, 3.63) is 83.6 Å². The van der Waals surface area contributed by atoms with Crippen molar-refractivity contribution < 1.29 is 5.11 Å². The third kappa shape index (κ3) is 2.37. The van der Waals surface area contributed by atoms with Crippen molar-refractivity contribution in [1.82, 2.24) is 9.78 Å². The molecule has 2 heterocycles. The van der Waals surface area contributed by atoms with Crippen LogP contribution in [-0.2, 0) is 0 Å². The van der Waals surface area contributed by atoms with Crippen molar-refractivity contribution in [2.45, 2.75) is 19.1 Å². The molecule has 1 N–H and O–H groups in total. The van der Waals surface area contributed by atoms with E-state index < -0.39 is 6.10 Å². The van der Waals surface area contributed by atoms with Crippen LogP contribution < -0.4 is 0 Å². The van der Waals surface area contributed by atoms with Crippen molar-refractivity contribution in [2.75, 3.05) is 0 Å². The van der Waals surface area contributed by atoms with E-state index in [1.165, 1.54) is 0 Å². The summed E-state index contributed by atoms with van der Waals surface area (Å²) in [6.45, 7) is 1.94. The number of aliphatic hydroxyl groups excluding tert-OH is 1. The molecule has 2 aromatic carbocycles. The van der Waals surface area contributed by atoms with Crippen LogP contribution in [0.4, 0.5) is 5.82 Å². The number of rotatable bonds is 2. The van der Waals surface area contributed by atoms with Gasteiger partial charge in [0.25, 0.3) is 0 Å². The van der Waals surface area contributed by atoms with Crippen LogP contribution in [0.3, 0.4) is 0 Å². The lowest BCUT2D eigenvalue weighted by Gasteiger charge is -2.29. The molecule has 0 spiro atoms. The molecule has 2 atom stereocenters. The Hall–Kier alpha value is -2.72. The van der Waals surface area contributed by atoms with Gasteiger partial charge in [0.1, 0.15) is 12.1 Å². The van der Waals surface area contributed by atoms with Gasteiger partial charge < -0.3 is 5.11 Å². The van der Waals surface area contributed by atoms with Crippen LogP contribution in [0.2, 0.25) is 0 Å².